The summed E-state index contributed by atoms with van der Waals surface area (Å²) in [5.41, 5.74) is -0.167. The fourth-order valence-electron chi connectivity index (χ4n) is 2.57. The van der Waals surface area contributed by atoms with Gasteiger partial charge < -0.3 is 10.1 Å². The number of carbonyl (C=O) groups is 1. The minimum absolute atomic E-state index is 0.105. The molecule has 1 amide bonds. The fraction of sp³-hybridized carbons (Fsp3) is 0.500. The van der Waals surface area contributed by atoms with Crippen LogP contribution in [0.4, 0.5) is 4.39 Å². The minimum Gasteiger partial charge on any atom is -0.482 e. The first kappa shape index (κ1) is 15.3. The van der Waals surface area contributed by atoms with Crippen LogP contribution in [0.3, 0.4) is 0 Å². The molecule has 1 aromatic carbocycles. The Morgan fingerprint density at radius 3 is 2.71 bits per heavy atom. The number of halogens is 1. The summed E-state index contributed by atoms with van der Waals surface area (Å²) in [4.78, 5) is 11.9. The normalized spacial score (nSPS) is 15.8. The molecule has 0 bridgehead atoms. The maximum atomic E-state index is 13.4. The number of nitrogens with zero attached hydrogens (tertiary/aromatic N) is 1. The van der Waals surface area contributed by atoms with Gasteiger partial charge in [0.15, 0.2) is 6.61 Å². The lowest BCUT2D eigenvalue weighted by atomic mass is 10.1. The molecule has 1 saturated carbocycles. The zero-order valence-electron chi connectivity index (χ0n) is 11.9. The Labute approximate surface area is 123 Å². The quantitative estimate of drug-likeness (QED) is 0.867. The Hall–Kier alpha value is -2.09. The van der Waals surface area contributed by atoms with Gasteiger partial charge in [0.1, 0.15) is 23.2 Å². The van der Waals surface area contributed by atoms with Gasteiger partial charge >= 0.3 is 0 Å². The van der Waals surface area contributed by atoms with Crippen molar-refractivity contribution in [1.82, 2.24) is 5.32 Å². The number of carbonyl (C=O) groups excluding carboxylic acids is 1. The molecule has 0 unspecified atom stereocenters. The third-order valence-electron chi connectivity index (χ3n) is 3.67. The molecule has 112 valence electrons. The van der Waals surface area contributed by atoms with Crippen molar-refractivity contribution in [3.8, 4) is 11.8 Å². The lowest BCUT2D eigenvalue weighted by Crippen LogP contribution is -2.37. The third-order valence-corrected chi connectivity index (χ3v) is 3.67. The number of benzene rings is 1. The standard InChI is InChI=1S/C16H19FN2O2/c17-14-8-5-9-15(13(14)10-18)21-11-16(20)19-12-6-3-1-2-4-7-12/h5,8-9,12H,1-4,6-7,11H2,(H,19,20). The van der Waals surface area contributed by atoms with Crippen molar-refractivity contribution in [2.24, 2.45) is 0 Å². The van der Waals surface area contributed by atoms with Crippen molar-refractivity contribution in [3.05, 3.63) is 29.6 Å². The van der Waals surface area contributed by atoms with Crippen LogP contribution in [-0.4, -0.2) is 18.6 Å². The van der Waals surface area contributed by atoms with Gasteiger partial charge in [-0.3, -0.25) is 4.79 Å². The van der Waals surface area contributed by atoms with Crippen molar-refractivity contribution in [2.45, 2.75) is 44.6 Å². The number of nitriles is 1. The largest absolute Gasteiger partial charge is 0.482 e. The van der Waals surface area contributed by atoms with Crippen LogP contribution in [0.5, 0.6) is 5.75 Å². The molecule has 1 fully saturated rings. The van der Waals surface area contributed by atoms with Gasteiger partial charge in [0.2, 0.25) is 0 Å². The fourth-order valence-corrected chi connectivity index (χ4v) is 2.57. The summed E-state index contributed by atoms with van der Waals surface area (Å²) in [5, 5.41) is 11.8. The Kier molecular flexibility index (Phi) is 5.56. The summed E-state index contributed by atoms with van der Waals surface area (Å²) in [6, 6.07) is 6.08. The highest BCUT2D eigenvalue weighted by Crippen LogP contribution is 2.20. The first-order valence-electron chi connectivity index (χ1n) is 7.31. The first-order valence-corrected chi connectivity index (χ1v) is 7.31. The van der Waals surface area contributed by atoms with Gasteiger partial charge in [-0.1, -0.05) is 31.7 Å². The number of ether oxygens (including phenoxy) is 1. The van der Waals surface area contributed by atoms with Crippen LogP contribution in [0, 0.1) is 17.1 Å². The van der Waals surface area contributed by atoms with E-state index in [1.54, 1.807) is 6.07 Å². The van der Waals surface area contributed by atoms with E-state index in [1.807, 2.05) is 0 Å². The smallest absolute Gasteiger partial charge is 0.258 e. The summed E-state index contributed by atoms with van der Waals surface area (Å²) in [5.74, 6) is -0.761. The van der Waals surface area contributed by atoms with E-state index in [9.17, 15) is 9.18 Å². The predicted octanol–water partition coefficient (Wildman–Crippen LogP) is 2.92. The topological polar surface area (TPSA) is 62.1 Å². The van der Waals surface area contributed by atoms with Crippen LogP contribution >= 0.6 is 0 Å². The molecule has 5 heteroatoms. The molecule has 2 rings (SSSR count). The van der Waals surface area contributed by atoms with Crippen molar-refractivity contribution in [1.29, 1.82) is 5.26 Å². The zero-order chi connectivity index (χ0) is 15.1. The monoisotopic (exact) mass is 290 g/mol. The van der Waals surface area contributed by atoms with Gasteiger partial charge in [-0.05, 0) is 25.0 Å². The number of hydrogen-bond donors (Lipinski definition) is 1. The zero-order valence-corrected chi connectivity index (χ0v) is 11.9. The molecular formula is C16H19FN2O2. The second-order valence-corrected chi connectivity index (χ2v) is 5.27. The summed E-state index contributed by atoms with van der Waals surface area (Å²) in [7, 11) is 0. The number of nitrogens with one attached hydrogen (secondary N) is 1. The van der Waals surface area contributed by atoms with E-state index >= 15 is 0 Å². The maximum Gasteiger partial charge on any atom is 0.258 e. The summed E-state index contributed by atoms with van der Waals surface area (Å²) < 4.78 is 18.7. The lowest BCUT2D eigenvalue weighted by Gasteiger charge is -2.16. The highest BCUT2D eigenvalue weighted by molar-refractivity contribution is 5.77. The van der Waals surface area contributed by atoms with Crippen molar-refractivity contribution in [2.75, 3.05) is 6.61 Å². The van der Waals surface area contributed by atoms with Crippen molar-refractivity contribution >= 4 is 5.91 Å². The molecular weight excluding hydrogens is 271 g/mol. The van der Waals surface area contributed by atoms with Crippen molar-refractivity contribution < 1.29 is 13.9 Å². The summed E-state index contributed by atoms with van der Waals surface area (Å²) >= 11 is 0. The van der Waals surface area contributed by atoms with Gasteiger partial charge in [-0.2, -0.15) is 5.26 Å². The van der Waals surface area contributed by atoms with Crippen LogP contribution in [0.1, 0.15) is 44.1 Å². The average molecular weight is 290 g/mol. The Bertz CT molecular complexity index is 532. The maximum absolute atomic E-state index is 13.4. The summed E-state index contributed by atoms with van der Waals surface area (Å²) in [6.45, 7) is -0.200. The molecule has 0 atom stereocenters. The Morgan fingerprint density at radius 2 is 2.05 bits per heavy atom. The van der Waals surface area contributed by atoms with Crippen LogP contribution in [0.15, 0.2) is 18.2 Å². The van der Waals surface area contributed by atoms with E-state index in [0.717, 1.165) is 25.7 Å². The minimum atomic E-state index is -0.640. The molecule has 0 radical (unpaired) electrons. The Balaban J connectivity index is 1.86. The predicted molar refractivity (Wildman–Crippen MR) is 76.2 cm³/mol. The molecule has 4 nitrogen and oxygen atoms in total. The SMILES string of the molecule is N#Cc1c(F)cccc1OCC(=O)NC1CCCCCC1. The second-order valence-electron chi connectivity index (χ2n) is 5.27. The molecule has 0 aromatic heterocycles. The van der Waals surface area contributed by atoms with Gasteiger partial charge in [-0.25, -0.2) is 4.39 Å². The third kappa shape index (κ3) is 4.45. The van der Waals surface area contributed by atoms with E-state index in [1.165, 1.54) is 31.0 Å². The molecule has 0 spiro atoms. The second kappa shape index (κ2) is 7.63. The molecule has 21 heavy (non-hydrogen) atoms. The first-order chi connectivity index (χ1) is 10.2. The number of hydrogen-bond acceptors (Lipinski definition) is 3. The molecule has 0 heterocycles. The van der Waals surface area contributed by atoms with E-state index in [4.69, 9.17) is 10.00 Å². The highest BCUT2D eigenvalue weighted by atomic mass is 19.1. The summed E-state index contributed by atoms with van der Waals surface area (Å²) in [6.07, 6.45) is 6.70. The molecule has 1 aliphatic rings. The van der Waals surface area contributed by atoms with Gasteiger partial charge in [0.25, 0.3) is 5.91 Å². The van der Waals surface area contributed by atoms with Crippen LogP contribution < -0.4 is 10.1 Å². The van der Waals surface area contributed by atoms with E-state index in [-0.39, 0.29) is 29.9 Å². The molecule has 1 aromatic rings. The van der Waals surface area contributed by atoms with Crippen LogP contribution in [0.2, 0.25) is 0 Å². The number of amides is 1. The lowest BCUT2D eigenvalue weighted by molar-refractivity contribution is -0.123. The van der Waals surface area contributed by atoms with Crippen LogP contribution in [-0.2, 0) is 4.79 Å². The molecule has 1 aliphatic carbocycles. The highest BCUT2D eigenvalue weighted by Gasteiger charge is 2.16. The number of rotatable bonds is 4. The van der Waals surface area contributed by atoms with E-state index in [0.29, 0.717) is 0 Å². The van der Waals surface area contributed by atoms with Gasteiger partial charge in [-0.15, -0.1) is 0 Å². The Morgan fingerprint density at radius 1 is 1.33 bits per heavy atom. The molecule has 0 saturated heterocycles. The van der Waals surface area contributed by atoms with Crippen LogP contribution in [0.25, 0.3) is 0 Å². The van der Waals surface area contributed by atoms with Crippen molar-refractivity contribution in [3.63, 3.8) is 0 Å². The molecule has 0 aliphatic heterocycles. The van der Waals surface area contributed by atoms with Gasteiger partial charge in [0, 0.05) is 6.04 Å². The van der Waals surface area contributed by atoms with E-state index < -0.39 is 5.82 Å². The average Bonchev–Trinajstić information content (AvgIpc) is 2.74. The van der Waals surface area contributed by atoms with Gasteiger partial charge in [0.05, 0.1) is 0 Å². The molecule has 1 N–H and O–H groups in total. The van der Waals surface area contributed by atoms with E-state index in [2.05, 4.69) is 5.32 Å².